The van der Waals surface area contributed by atoms with Crippen LogP contribution in [-0.4, -0.2) is 5.97 Å². The van der Waals surface area contributed by atoms with Crippen molar-refractivity contribution in [2.75, 3.05) is 0 Å². The van der Waals surface area contributed by atoms with Crippen molar-refractivity contribution in [3.63, 3.8) is 0 Å². The molecule has 74 valence electrons. The van der Waals surface area contributed by atoms with Crippen molar-refractivity contribution >= 4 is 5.97 Å². The highest BCUT2D eigenvalue weighted by atomic mass is 16.5. The smallest absolute Gasteiger partial charge is 0.313 e. The van der Waals surface area contributed by atoms with Crippen molar-refractivity contribution in [2.45, 2.75) is 26.3 Å². The molecule has 1 heterocycles. The SMILES string of the molecule is Cc1cc(C)c2c(c1)C(N)CC(=O)O2. The molecule has 14 heavy (non-hydrogen) atoms. The lowest BCUT2D eigenvalue weighted by Gasteiger charge is -2.23. The van der Waals surface area contributed by atoms with E-state index in [1.807, 2.05) is 26.0 Å². The van der Waals surface area contributed by atoms with E-state index in [9.17, 15) is 4.79 Å². The number of esters is 1. The van der Waals surface area contributed by atoms with Crippen LogP contribution in [0.5, 0.6) is 5.75 Å². The molecule has 1 aromatic carbocycles. The van der Waals surface area contributed by atoms with Crippen LogP contribution >= 0.6 is 0 Å². The Kier molecular flexibility index (Phi) is 2.04. The number of carbonyl (C=O) groups excluding carboxylic acids is 1. The minimum atomic E-state index is -0.239. The van der Waals surface area contributed by atoms with Gasteiger partial charge in [0.1, 0.15) is 5.75 Å². The first-order valence-corrected chi connectivity index (χ1v) is 4.65. The molecule has 0 saturated carbocycles. The molecular weight excluding hydrogens is 178 g/mol. The highest BCUT2D eigenvalue weighted by Crippen LogP contribution is 2.34. The first kappa shape index (κ1) is 9.21. The number of nitrogens with two attached hydrogens (primary N) is 1. The van der Waals surface area contributed by atoms with Crippen LogP contribution in [-0.2, 0) is 4.79 Å². The van der Waals surface area contributed by atoms with Crippen molar-refractivity contribution in [2.24, 2.45) is 5.73 Å². The predicted octanol–water partition coefficient (Wildman–Crippen LogP) is 1.61. The average molecular weight is 191 g/mol. The fraction of sp³-hybridized carbons (Fsp3) is 0.364. The third-order valence-corrected chi connectivity index (χ3v) is 2.45. The highest BCUT2D eigenvalue weighted by molar-refractivity contribution is 5.77. The van der Waals surface area contributed by atoms with Gasteiger partial charge in [-0.3, -0.25) is 4.79 Å². The number of hydrogen-bond donors (Lipinski definition) is 1. The predicted molar refractivity (Wildman–Crippen MR) is 53.1 cm³/mol. The molecule has 1 atom stereocenters. The van der Waals surface area contributed by atoms with Crippen LogP contribution in [0.1, 0.15) is 29.2 Å². The summed E-state index contributed by atoms with van der Waals surface area (Å²) in [5.41, 5.74) is 8.94. The first-order valence-electron chi connectivity index (χ1n) is 4.65. The molecule has 0 saturated heterocycles. The Labute approximate surface area is 82.9 Å². The number of carbonyl (C=O) groups is 1. The van der Waals surface area contributed by atoms with E-state index >= 15 is 0 Å². The van der Waals surface area contributed by atoms with E-state index < -0.39 is 0 Å². The van der Waals surface area contributed by atoms with Gasteiger partial charge in [0.15, 0.2) is 0 Å². The number of ether oxygens (including phenoxy) is 1. The van der Waals surface area contributed by atoms with E-state index in [-0.39, 0.29) is 18.4 Å². The molecule has 2 N–H and O–H groups in total. The van der Waals surface area contributed by atoms with Gasteiger partial charge < -0.3 is 10.5 Å². The third kappa shape index (κ3) is 1.40. The maximum atomic E-state index is 11.2. The normalized spacial score (nSPS) is 20.2. The summed E-state index contributed by atoms with van der Waals surface area (Å²) < 4.78 is 5.17. The van der Waals surface area contributed by atoms with Gasteiger partial charge in [0.05, 0.1) is 6.42 Å². The fourth-order valence-electron chi connectivity index (χ4n) is 1.85. The van der Waals surface area contributed by atoms with E-state index in [0.29, 0.717) is 5.75 Å². The van der Waals surface area contributed by atoms with Crippen LogP contribution in [0.15, 0.2) is 12.1 Å². The Morgan fingerprint density at radius 3 is 2.86 bits per heavy atom. The van der Waals surface area contributed by atoms with Gasteiger partial charge in [-0.2, -0.15) is 0 Å². The summed E-state index contributed by atoms with van der Waals surface area (Å²) >= 11 is 0. The number of fused-ring (bicyclic) bond motifs is 1. The Balaban J connectivity index is 2.58. The minimum absolute atomic E-state index is 0.218. The second-order valence-electron chi connectivity index (χ2n) is 3.78. The molecule has 0 aliphatic carbocycles. The molecule has 0 fully saturated rings. The van der Waals surface area contributed by atoms with Crippen molar-refractivity contribution in [3.05, 3.63) is 28.8 Å². The number of hydrogen-bond acceptors (Lipinski definition) is 3. The Morgan fingerprint density at radius 2 is 2.14 bits per heavy atom. The monoisotopic (exact) mass is 191 g/mol. The largest absolute Gasteiger partial charge is 0.426 e. The molecule has 0 radical (unpaired) electrons. The molecular formula is C11H13NO2. The van der Waals surface area contributed by atoms with E-state index in [1.165, 1.54) is 0 Å². The standard InChI is InChI=1S/C11H13NO2/c1-6-3-7(2)11-8(4-6)9(12)5-10(13)14-11/h3-4,9H,5,12H2,1-2H3. The molecule has 3 nitrogen and oxygen atoms in total. The summed E-state index contributed by atoms with van der Waals surface area (Å²) in [6, 6.07) is 3.76. The van der Waals surface area contributed by atoms with E-state index in [4.69, 9.17) is 10.5 Å². The zero-order chi connectivity index (χ0) is 10.3. The fourth-order valence-corrected chi connectivity index (χ4v) is 1.85. The summed E-state index contributed by atoms with van der Waals surface area (Å²) in [7, 11) is 0. The molecule has 1 aromatic rings. The Hall–Kier alpha value is -1.35. The van der Waals surface area contributed by atoms with Gasteiger partial charge in [0.25, 0.3) is 0 Å². The van der Waals surface area contributed by atoms with Crippen LogP contribution in [0, 0.1) is 13.8 Å². The van der Waals surface area contributed by atoms with Gasteiger partial charge in [-0.05, 0) is 19.4 Å². The van der Waals surface area contributed by atoms with Gasteiger partial charge in [-0.15, -0.1) is 0 Å². The molecule has 1 aliphatic heterocycles. The molecule has 0 amide bonds. The number of aryl methyl sites for hydroxylation is 2. The third-order valence-electron chi connectivity index (χ3n) is 2.45. The molecule has 1 unspecified atom stereocenters. The summed E-state index contributed by atoms with van der Waals surface area (Å²) in [6.07, 6.45) is 0.274. The van der Waals surface area contributed by atoms with E-state index in [2.05, 4.69) is 0 Å². The number of rotatable bonds is 0. The molecule has 3 heteroatoms. The van der Waals surface area contributed by atoms with E-state index in [0.717, 1.165) is 16.7 Å². The Bertz CT molecular complexity index is 399. The zero-order valence-corrected chi connectivity index (χ0v) is 8.33. The van der Waals surface area contributed by atoms with Crippen LogP contribution < -0.4 is 10.5 Å². The van der Waals surface area contributed by atoms with Crippen molar-refractivity contribution in [1.82, 2.24) is 0 Å². The van der Waals surface area contributed by atoms with Gasteiger partial charge >= 0.3 is 5.97 Å². The van der Waals surface area contributed by atoms with Crippen molar-refractivity contribution < 1.29 is 9.53 Å². The molecule has 0 aromatic heterocycles. The maximum Gasteiger partial charge on any atom is 0.313 e. The van der Waals surface area contributed by atoms with Crippen molar-refractivity contribution in [1.29, 1.82) is 0 Å². The van der Waals surface area contributed by atoms with Gasteiger partial charge in [0, 0.05) is 11.6 Å². The van der Waals surface area contributed by atoms with Crippen molar-refractivity contribution in [3.8, 4) is 5.75 Å². The second-order valence-corrected chi connectivity index (χ2v) is 3.78. The summed E-state index contributed by atoms with van der Waals surface area (Å²) in [6.45, 7) is 3.94. The van der Waals surface area contributed by atoms with Gasteiger partial charge in [0.2, 0.25) is 0 Å². The summed E-state index contributed by atoms with van der Waals surface area (Å²) in [5.74, 6) is 0.413. The first-order chi connectivity index (χ1) is 6.58. The molecule has 0 spiro atoms. The zero-order valence-electron chi connectivity index (χ0n) is 8.33. The Morgan fingerprint density at radius 1 is 1.43 bits per heavy atom. The average Bonchev–Trinajstić information content (AvgIpc) is 2.07. The van der Waals surface area contributed by atoms with Crippen LogP contribution in [0.2, 0.25) is 0 Å². The lowest BCUT2D eigenvalue weighted by molar-refractivity contribution is -0.135. The molecule has 1 aliphatic rings. The molecule has 2 rings (SSSR count). The van der Waals surface area contributed by atoms with Gasteiger partial charge in [-0.1, -0.05) is 17.7 Å². The van der Waals surface area contributed by atoms with E-state index in [1.54, 1.807) is 0 Å². The maximum absolute atomic E-state index is 11.2. The van der Waals surface area contributed by atoms with Crippen LogP contribution in [0.3, 0.4) is 0 Å². The lowest BCUT2D eigenvalue weighted by atomic mass is 9.96. The second kappa shape index (κ2) is 3.10. The van der Waals surface area contributed by atoms with Crippen LogP contribution in [0.25, 0.3) is 0 Å². The quantitative estimate of drug-likeness (QED) is 0.500. The minimum Gasteiger partial charge on any atom is -0.426 e. The summed E-state index contributed by atoms with van der Waals surface area (Å²) in [4.78, 5) is 11.2. The summed E-state index contributed by atoms with van der Waals surface area (Å²) in [5, 5.41) is 0. The number of benzene rings is 1. The van der Waals surface area contributed by atoms with Gasteiger partial charge in [-0.25, -0.2) is 0 Å². The highest BCUT2D eigenvalue weighted by Gasteiger charge is 2.25. The lowest BCUT2D eigenvalue weighted by Crippen LogP contribution is -2.25. The topological polar surface area (TPSA) is 52.3 Å². The van der Waals surface area contributed by atoms with Crippen LogP contribution in [0.4, 0.5) is 0 Å². The molecule has 0 bridgehead atoms.